The van der Waals surface area contributed by atoms with Gasteiger partial charge in [0.15, 0.2) is 0 Å². The minimum absolute atomic E-state index is 0. The van der Waals surface area contributed by atoms with Crippen molar-refractivity contribution in [2.24, 2.45) is 0 Å². The molecule has 14 heteroatoms. The maximum absolute atomic E-state index is 10.8. The third-order valence-electron chi connectivity index (χ3n) is 1.39. The van der Waals surface area contributed by atoms with Crippen LogP contribution in [0.5, 0.6) is 0 Å². The molecule has 0 aliphatic rings. The van der Waals surface area contributed by atoms with Gasteiger partial charge in [0.05, 0.1) is 13.1 Å². The van der Waals surface area contributed by atoms with Gasteiger partial charge >= 0.3 is 23.9 Å². The Morgan fingerprint density at radius 2 is 0.792 bits per heavy atom. The summed E-state index contributed by atoms with van der Waals surface area (Å²) >= 11 is 0. The van der Waals surface area contributed by atoms with Gasteiger partial charge in [0.1, 0.15) is 0 Å². The minimum Gasteiger partial charge on any atom is -0.412 e. The maximum Gasteiger partial charge on any atom is 0.326 e. The molecule has 0 unspecified atom stereocenters. The summed E-state index contributed by atoms with van der Waals surface area (Å²) in [5, 5.41) is 1.15. The molecule has 0 rings (SSSR count). The van der Waals surface area contributed by atoms with E-state index in [4.69, 9.17) is 0 Å². The summed E-state index contributed by atoms with van der Waals surface area (Å²) < 4.78 is 0. The van der Waals surface area contributed by atoms with Gasteiger partial charge in [-0.05, 0) is 0 Å². The molecule has 0 spiro atoms. The van der Waals surface area contributed by atoms with Crippen LogP contribution in [0.1, 0.15) is 27.7 Å². The second-order valence-electron chi connectivity index (χ2n) is 3.44. The van der Waals surface area contributed by atoms with Crippen molar-refractivity contribution in [2.75, 3.05) is 13.1 Å². The second kappa shape index (κ2) is 19.6. The standard InChI is InChI=1S/C10H16N2O8.Co.2Na.H2O/c1-7(13)17-11(18-8(2)14)5-6-12(19-9(3)15)20-10(4)16;;;;/h5-6H2,1-4H3;;;;1H2. The van der Waals surface area contributed by atoms with Crippen LogP contribution >= 0.6 is 0 Å². The molecule has 2 N–H and O–H groups in total. The number of hydrogen-bond donors (Lipinski definition) is 0. The third-order valence-corrected chi connectivity index (χ3v) is 1.39. The van der Waals surface area contributed by atoms with E-state index in [0.29, 0.717) is 10.5 Å². The Balaban J connectivity index is -0.000000301. The summed E-state index contributed by atoms with van der Waals surface area (Å²) in [6.45, 7) is 3.97. The van der Waals surface area contributed by atoms with Gasteiger partial charge in [-0.1, -0.05) is 0 Å². The van der Waals surface area contributed by atoms with Gasteiger partial charge in [-0.3, -0.25) is 19.2 Å². The molecule has 24 heavy (non-hydrogen) atoms. The molecule has 0 fully saturated rings. The number of carbonyl (C=O) groups excluding carboxylic acids is 4. The van der Waals surface area contributed by atoms with Crippen LogP contribution in [-0.4, -0.2) is 112 Å². The van der Waals surface area contributed by atoms with Crippen LogP contribution in [-0.2, 0) is 55.3 Å². The summed E-state index contributed by atoms with van der Waals surface area (Å²) in [4.78, 5) is 61.4. The summed E-state index contributed by atoms with van der Waals surface area (Å²) in [5.74, 6) is -2.90. The summed E-state index contributed by atoms with van der Waals surface area (Å²) in [7, 11) is 0. The molecule has 0 aromatic carbocycles. The molecule has 0 aromatic rings. The molecule has 3 radical (unpaired) electrons. The van der Waals surface area contributed by atoms with Crippen molar-refractivity contribution in [2.45, 2.75) is 27.7 Å². The van der Waals surface area contributed by atoms with Gasteiger partial charge in [-0.2, -0.15) is 0 Å². The van der Waals surface area contributed by atoms with Crippen LogP contribution in [0.4, 0.5) is 0 Å². The Hall–Kier alpha value is 0.266. The van der Waals surface area contributed by atoms with Gasteiger partial charge in [-0.15, -0.1) is 0 Å². The topological polar surface area (TPSA) is 143 Å². The first-order valence-electron chi connectivity index (χ1n) is 5.50. The van der Waals surface area contributed by atoms with Crippen LogP contribution in [0.3, 0.4) is 0 Å². The third kappa shape index (κ3) is 22.3. The Kier molecular flexibility index (Phi) is 28.9. The van der Waals surface area contributed by atoms with Crippen LogP contribution < -0.4 is 0 Å². The maximum atomic E-state index is 10.8. The average molecular weight is 415 g/mol. The first-order chi connectivity index (χ1) is 9.20. The monoisotopic (exact) mass is 415 g/mol. The van der Waals surface area contributed by atoms with E-state index < -0.39 is 23.9 Å². The largest absolute Gasteiger partial charge is 0.412 e. The quantitative estimate of drug-likeness (QED) is 0.336. The molecule has 0 heterocycles. The predicted molar refractivity (Wildman–Crippen MR) is 75.6 cm³/mol. The molecule has 0 amide bonds. The number of nitrogens with zero attached hydrogens (tertiary/aromatic N) is 2. The molecular weight excluding hydrogens is 397 g/mol. The molecule has 0 aliphatic carbocycles. The average Bonchev–Trinajstić information content (AvgIpc) is 2.22. The van der Waals surface area contributed by atoms with E-state index in [9.17, 15) is 19.2 Å². The zero-order valence-corrected chi connectivity index (χ0v) is 19.4. The van der Waals surface area contributed by atoms with Gasteiger partial charge in [0.25, 0.3) is 0 Å². The van der Waals surface area contributed by atoms with Gasteiger partial charge in [0, 0.05) is 114 Å². The van der Waals surface area contributed by atoms with Crippen molar-refractivity contribution in [3.8, 4) is 0 Å². The minimum atomic E-state index is -0.724. The Labute approximate surface area is 193 Å². The number of hydroxylamine groups is 4. The fourth-order valence-corrected chi connectivity index (χ4v) is 0.957. The zero-order valence-electron chi connectivity index (χ0n) is 14.4. The zero-order chi connectivity index (χ0) is 15.7. The Morgan fingerprint density at radius 1 is 0.625 bits per heavy atom. The van der Waals surface area contributed by atoms with Gasteiger partial charge < -0.3 is 24.8 Å². The summed E-state index contributed by atoms with van der Waals surface area (Å²) in [6, 6.07) is 0. The molecule has 0 bridgehead atoms. The SMILES string of the molecule is CC(=O)ON(CCN(OC(C)=O)OC(C)=O)OC(C)=O.O.[Co].[Na].[Na]. The second-order valence-corrected chi connectivity index (χ2v) is 3.44. The Morgan fingerprint density at radius 3 is 0.917 bits per heavy atom. The van der Waals surface area contributed by atoms with Crippen molar-refractivity contribution in [1.29, 1.82) is 0 Å². The fraction of sp³-hybridized carbons (Fsp3) is 0.600. The van der Waals surface area contributed by atoms with Crippen molar-refractivity contribution < 1.29 is 60.8 Å². The van der Waals surface area contributed by atoms with Crippen molar-refractivity contribution in [3.63, 3.8) is 0 Å². The van der Waals surface area contributed by atoms with Crippen LogP contribution in [0, 0.1) is 0 Å². The number of rotatable bonds is 7. The predicted octanol–water partition coefficient (Wildman–Crippen LogP) is -2.09. The molecule has 0 aromatic heterocycles. The molecule has 0 atom stereocenters. The van der Waals surface area contributed by atoms with Crippen LogP contribution in [0.15, 0.2) is 0 Å². The van der Waals surface area contributed by atoms with Crippen molar-refractivity contribution in [1.82, 2.24) is 10.5 Å². The van der Waals surface area contributed by atoms with E-state index in [2.05, 4.69) is 19.4 Å². The van der Waals surface area contributed by atoms with Crippen LogP contribution in [0.25, 0.3) is 0 Å². The van der Waals surface area contributed by atoms with E-state index in [-0.39, 0.29) is 94.5 Å². The van der Waals surface area contributed by atoms with Crippen molar-refractivity contribution in [3.05, 3.63) is 0 Å². The van der Waals surface area contributed by atoms with E-state index in [1.54, 1.807) is 0 Å². The molecule has 0 aliphatic heterocycles. The fourth-order valence-electron chi connectivity index (χ4n) is 0.957. The van der Waals surface area contributed by atoms with E-state index in [1.807, 2.05) is 0 Å². The molecule has 11 nitrogen and oxygen atoms in total. The molecule has 0 saturated heterocycles. The van der Waals surface area contributed by atoms with Gasteiger partial charge in [-0.25, -0.2) is 0 Å². The summed E-state index contributed by atoms with van der Waals surface area (Å²) in [5.41, 5.74) is 0. The molecule has 0 saturated carbocycles. The number of carbonyl (C=O) groups is 4. The Bertz CT molecular complexity index is 333. The smallest absolute Gasteiger partial charge is 0.326 e. The van der Waals surface area contributed by atoms with E-state index >= 15 is 0 Å². The van der Waals surface area contributed by atoms with Crippen LogP contribution in [0.2, 0.25) is 0 Å². The summed E-state index contributed by atoms with van der Waals surface area (Å²) in [6.07, 6.45) is 0. The van der Waals surface area contributed by atoms with E-state index in [1.165, 1.54) is 0 Å². The first-order valence-corrected chi connectivity index (χ1v) is 5.50. The van der Waals surface area contributed by atoms with Crippen molar-refractivity contribution >= 4 is 83.0 Å². The molecule has 133 valence electrons. The number of hydrogen-bond acceptors (Lipinski definition) is 10. The first kappa shape index (κ1) is 35.4. The normalized spacial score (nSPS) is 8.42. The molecular formula is C10H18CoN2Na2O9. The van der Waals surface area contributed by atoms with E-state index in [0.717, 1.165) is 27.7 Å². The van der Waals surface area contributed by atoms with Gasteiger partial charge in [0.2, 0.25) is 0 Å².